The topological polar surface area (TPSA) is 74.6 Å². The minimum atomic E-state index is -0.287. The highest BCUT2D eigenvalue weighted by atomic mass is 16.5. The average molecular weight is 516 g/mol. The maximum atomic E-state index is 12.9. The molecule has 2 atom stereocenters. The van der Waals surface area contributed by atoms with Crippen LogP contribution in [0, 0.1) is 0 Å². The lowest BCUT2D eigenvalue weighted by atomic mass is 9.99. The van der Waals surface area contributed by atoms with Crippen LogP contribution in [0.25, 0.3) is 11.0 Å². The number of hydrogen-bond donors (Lipinski definition) is 1. The van der Waals surface area contributed by atoms with Crippen LogP contribution in [0.5, 0.6) is 17.2 Å². The summed E-state index contributed by atoms with van der Waals surface area (Å²) in [5.41, 5.74) is 4.06. The van der Waals surface area contributed by atoms with E-state index in [9.17, 15) is 4.79 Å². The first-order valence-corrected chi connectivity index (χ1v) is 13.1. The number of nitrogens with zero attached hydrogens (tertiary/aromatic N) is 2. The third-order valence-corrected chi connectivity index (χ3v) is 6.91. The number of imidazole rings is 1. The Balaban J connectivity index is 1.44. The number of rotatable bonds is 12. The van der Waals surface area contributed by atoms with Crippen molar-refractivity contribution >= 4 is 16.9 Å². The Morgan fingerprint density at radius 3 is 2.42 bits per heavy atom. The van der Waals surface area contributed by atoms with Gasteiger partial charge in [0.15, 0.2) is 11.5 Å². The fourth-order valence-electron chi connectivity index (χ4n) is 4.58. The summed E-state index contributed by atoms with van der Waals surface area (Å²) in [6.07, 6.45) is 1.33. The molecule has 0 aliphatic carbocycles. The summed E-state index contributed by atoms with van der Waals surface area (Å²) in [6, 6.07) is 21.6. The predicted octanol–water partition coefficient (Wildman–Crippen LogP) is 6.07. The van der Waals surface area contributed by atoms with Crippen molar-refractivity contribution in [2.45, 2.75) is 52.1 Å². The summed E-state index contributed by atoms with van der Waals surface area (Å²) >= 11 is 0. The molecule has 0 saturated heterocycles. The zero-order valence-corrected chi connectivity index (χ0v) is 22.9. The first-order chi connectivity index (χ1) is 18.4. The number of fused-ring (bicyclic) bond motifs is 1. The Labute approximate surface area is 224 Å². The van der Waals surface area contributed by atoms with E-state index < -0.39 is 0 Å². The van der Waals surface area contributed by atoms with E-state index in [-0.39, 0.29) is 18.4 Å². The van der Waals surface area contributed by atoms with Gasteiger partial charge in [0, 0.05) is 0 Å². The third-order valence-electron chi connectivity index (χ3n) is 6.91. The van der Waals surface area contributed by atoms with Crippen molar-refractivity contribution < 1.29 is 19.0 Å². The second kappa shape index (κ2) is 12.5. The van der Waals surface area contributed by atoms with E-state index in [1.54, 1.807) is 14.2 Å². The molecule has 1 N–H and O–H groups in total. The molecule has 4 aromatic rings. The number of aromatic nitrogens is 2. The Kier molecular flexibility index (Phi) is 8.89. The van der Waals surface area contributed by atoms with E-state index in [2.05, 4.69) is 35.9 Å². The minimum absolute atomic E-state index is 0.0963. The van der Waals surface area contributed by atoms with Gasteiger partial charge >= 0.3 is 0 Å². The predicted molar refractivity (Wildman–Crippen MR) is 150 cm³/mol. The van der Waals surface area contributed by atoms with Gasteiger partial charge in [-0.2, -0.15) is 0 Å². The molecular formula is C31H37N3O4. The fourth-order valence-corrected chi connectivity index (χ4v) is 4.58. The monoisotopic (exact) mass is 515 g/mol. The van der Waals surface area contributed by atoms with Gasteiger partial charge in [-0.15, -0.1) is 0 Å². The lowest BCUT2D eigenvalue weighted by Crippen LogP contribution is -2.30. The maximum Gasteiger partial charge on any atom is 0.224 e. The van der Waals surface area contributed by atoms with Crippen molar-refractivity contribution in [3.8, 4) is 17.2 Å². The highest BCUT2D eigenvalue weighted by Gasteiger charge is 2.19. The zero-order valence-electron chi connectivity index (χ0n) is 22.9. The van der Waals surface area contributed by atoms with Crippen LogP contribution in [-0.4, -0.2) is 36.3 Å². The standard InChI is InChI=1S/C31H37N3O4/c1-6-21(2)24-12-14-25(15-13-24)38-18-17-34-27-10-8-7-9-26(27)33-31(34)22(3)32-30(35)20-23-11-16-28(36-4)29(19-23)37-5/h7-16,19,21-22H,6,17-18,20H2,1-5H3,(H,32,35). The van der Waals surface area contributed by atoms with Crippen LogP contribution in [0.2, 0.25) is 0 Å². The number of methoxy groups -OCH3 is 2. The van der Waals surface area contributed by atoms with E-state index in [4.69, 9.17) is 19.2 Å². The molecule has 4 rings (SSSR count). The Morgan fingerprint density at radius 2 is 1.71 bits per heavy atom. The summed E-state index contributed by atoms with van der Waals surface area (Å²) in [5.74, 6) is 3.31. The fraction of sp³-hybridized carbons (Fsp3) is 0.355. The summed E-state index contributed by atoms with van der Waals surface area (Å²) < 4.78 is 18.9. The molecule has 0 spiro atoms. The molecule has 7 heteroatoms. The van der Waals surface area contributed by atoms with Crippen LogP contribution in [0.15, 0.2) is 66.7 Å². The number of hydrogen-bond acceptors (Lipinski definition) is 5. The number of carbonyl (C=O) groups excluding carboxylic acids is 1. The van der Waals surface area contributed by atoms with Gasteiger partial charge in [-0.1, -0.05) is 44.2 Å². The van der Waals surface area contributed by atoms with Crippen LogP contribution in [-0.2, 0) is 17.8 Å². The molecule has 200 valence electrons. The number of para-hydroxylation sites is 2. The number of carbonyl (C=O) groups is 1. The molecular weight excluding hydrogens is 478 g/mol. The van der Waals surface area contributed by atoms with Gasteiger partial charge < -0.3 is 24.1 Å². The van der Waals surface area contributed by atoms with Gasteiger partial charge in [0.05, 0.1) is 44.3 Å². The second-order valence-corrected chi connectivity index (χ2v) is 9.49. The molecule has 38 heavy (non-hydrogen) atoms. The first kappa shape index (κ1) is 27.0. The normalized spacial score (nSPS) is 12.7. The van der Waals surface area contributed by atoms with Gasteiger partial charge in [-0.3, -0.25) is 4.79 Å². The number of nitrogens with one attached hydrogen (secondary N) is 1. The molecule has 0 bridgehead atoms. The molecule has 1 amide bonds. The SMILES string of the molecule is CCC(C)c1ccc(OCCn2c(C(C)NC(=O)Cc3ccc(OC)c(OC)c3)nc3ccccc32)cc1. The quantitative estimate of drug-likeness (QED) is 0.248. The van der Waals surface area contributed by atoms with E-state index in [1.807, 2.05) is 61.5 Å². The Morgan fingerprint density at radius 1 is 0.974 bits per heavy atom. The number of amides is 1. The lowest BCUT2D eigenvalue weighted by molar-refractivity contribution is -0.121. The molecule has 0 saturated carbocycles. The van der Waals surface area contributed by atoms with E-state index in [0.717, 1.165) is 34.6 Å². The Bertz CT molecular complexity index is 1360. The summed E-state index contributed by atoms with van der Waals surface area (Å²) in [5, 5.41) is 3.11. The molecule has 1 aromatic heterocycles. The number of benzene rings is 3. The third kappa shape index (κ3) is 6.28. The van der Waals surface area contributed by atoms with Gasteiger partial charge in [0.2, 0.25) is 5.91 Å². The molecule has 2 unspecified atom stereocenters. The highest BCUT2D eigenvalue weighted by molar-refractivity contribution is 5.80. The van der Waals surface area contributed by atoms with Gasteiger partial charge in [-0.25, -0.2) is 4.98 Å². The van der Waals surface area contributed by atoms with Crippen molar-refractivity contribution in [3.63, 3.8) is 0 Å². The van der Waals surface area contributed by atoms with Crippen LogP contribution >= 0.6 is 0 Å². The van der Waals surface area contributed by atoms with Gasteiger partial charge in [0.1, 0.15) is 18.2 Å². The molecule has 0 aliphatic heterocycles. The summed E-state index contributed by atoms with van der Waals surface area (Å²) in [6.45, 7) is 7.48. The Hall–Kier alpha value is -4.00. The van der Waals surface area contributed by atoms with Crippen molar-refractivity contribution in [1.29, 1.82) is 0 Å². The minimum Gasteiger partial charge on any atom is -0.493 e. The molecule has 3 aromatic carbocycles. The zero-order chi connectivity index (χ0) is 27.1. The van der Waals surface area contributed by atoms with Crippen molar-refractivity contribution in [2.24, 2.45) is 0 Å². The van der Waals surface area contributed by atoms with E-state index in [0.29, 0.717) is 30.6 Å². The average Bonchev–Trinajstić information content (AvgIpc) is 3.31. The smallest absolute Gasteiger partial charge is 0.224 e. The van der Waals surface area contributed by atoms with Crippen LogP contribution in [0.4, 0.5) is 0 Å². The van der Waals surface area contributed by atoms with Crippen LogP contribution in [0.3, 0.4) is 0 Å². The molecule has 0 fully saturated rings. The summed E-state index contributed by atoms with van der Waals surface area (Å²) in [7, 11) is 3.17. The van der Waals surface area contributed by atoms with Crippen LogP contribution < -0.4 is 19.5 Å². The highest BCUT2D eigenvalue weighted by Crippen LogP contribution is 2.28. The molecule has 0 radical (unpaired) electrons. The van der Waals surface area contributed by atoms with E-state index in [1.165, 1.54) is 5.56 Å². The van der Waals surface area contributed by atoms with Crippen molar-refractivity contribution in [3.05, 3.63) is 83.7 Å². The lowest BCUT2D eigenvalue weighted by Gasteiger charge is -2.17. The van der Waals surface area contributed by atoms with E-state index >= 15 is 0 Å². The van der Waals surface area contributed by atoms with Crippen molar-refractivity contribution in [1.82, 2.24) is 14.9 Å². The van der Waals surface area contributed by atoms with Crippen molar-refractivity contribution in [2.75, 3.05) is 20.8 Å². The largest absolute Gasteiger partial charge is 0.493 e. The molecule has 0 aliphatic rings. The molecule has 1 heterocycles. The van der Waals surface area contributed by atoms with Gasteiger partial charge in [-0.05, 0) is 66.8 Å². The van der Waals surface area contributed by atoms with Crippen LogP contribution in [0.1, 0.15) is 56.1 Å². The first-order valence-electron chi connectivity index (χ1n) is 13.1. The maximum absolute atomic E-state index is 12.9. The van der Waals surface area contributed by atoms with Gasteiger partial charge in [0.25, 0.3) is 0 Å². The summed E-state index contributed by atoms with van der Waals surface area (Å²) in [4.78, 5) is 17.8. The molecule has 7 nitrogen and oxygen atoms in total. The second-order valence-electron chi connectivity index (χ2n) is 9.49. The number of ether oxygens (including phenoxy) is 3.